The van der Waals surface area contributed by atoms with Crippen LogP contribution in [0, 0.1) is 34.5 Å². The number of hydrogen-bond donors (Lipinski definition) is 0. The molecule has 0 fully saturated rings. The molecule has 0 saturated carbocycles. The molecular formula is C25H56O6Si2. The largest absolute Gasteiger partial charge is 0.500 e. The van der Waals surface area contributed by atoms with Gasteiger partial charge < -0.3 is 26.6 Å². The molecule has 0 aromatic rings. The van der Waals surface area contributed by atoms with Crippen molar-refractivity contribution in [1.29, 1.82) is 0 Å². The maximum absolute atomic E-state index is 5.84. The van der Waals surface area contributed by atoms with E-state index < -0.39 is 17.6 Å². The van der Waals surface area contributed by atoms with Gasteiger partial charge in [0.15, 0.2) is 0 Å². The normalized spacial score (nSPS) is 14.4. The Morgan fingerprint density at radius 2 is 0.727 bits per heavy atom. The van der Waals surface area contributed by atoms with Crippen LogP contribution < -0.4 is 0 Å². The van der Waals surface area contributed by atoms with Gasteiger partial charge in [0.25, 0.3) is 0 Å². The van der Waals surface area contributed by atoms with Crippen LogP contribution in [-0.4, -0.2) is 60.3 Å². The second kappa shape index (κ2) is 14.1. The summed E-state index contributed by atoms with van der Waals surface area (Å²) in [7, 11) is 4.94. The van der Waals surface area contributed by atoms with Crippen LogP contribution in [0.3, 0.4) is 0 Å². The molecule has 0 spiro atoms. The third-order valence-corrected chi connectivity index (χ3v) is 14.3. The van der Waals surface area contributed by atoms with Crippen molar-refractivity contribution < 1.29 is 26.6 Å². The predicted molar refractivity (Wildman–Crippen MR) is 141 cm³/mol. The van der Waals surface area contributed by atoms with Crippen LogP contribution in [-0.2, 0) is 26.6 Å². The van der Waals surface area contributed by atoms with Crippen molar-refractivity contribution >= 4 is 17.6 Å². The molecule has 200 valence electrons. The quantitative estimate of drug-likeness (QED) is 0.197. The molecule has 0 atom stereocenters. The van der Waals surface area contributed by atoms with E-state index in [0.717, 1.165) is 31.4 Å². The van der Waals surface area contributed by atoms with Crippen molar-refractivity contribution in [3.8, 4) is 0 Å². The summed E-state index contributed by atoms with van der Waals surface area (Å²) in [5, 5.41) is 0. The first-order valence-electron chi connectivity index (χ1n) is 12.6. The zero-order valence-electron chi connectivity index (χ0n) is 24.3. The first-order chi connectivity index (χ1) is 15.3. The molecule has 8 heteroatoms. The van der Waals surface area contributed by atoms with Crippen LogP contribution in [0.1, 0.15) is 74.7 Å². The van der Waals surface area contributed by atoms with Gasteiger partial charge in [-0.25, -0.2) is 0 Å². The van der Waals surface area contributed by atoms with E-state index in [9.17, 15) is 0 Å². The van der Waals surface area contributed by atoms with Gasteiger partial charge in [-0.3, -0.25) is 0 Å². The molecule has 0 aliphatic rings. The highest BCUT2D eigenvalue weighted by Crippen LogP contribution is 2.63. The minimum absolute atomic E-state index is 0.0700. The molecule has 0 aliphatic heterocycles. The van der Waals surface area contributed by atoms with Gasteiger partial charge in [-0.2, -0.15) is 0 Å². The summed E-state index contributed by atoms with van der Waals surface area (Å²) >= 11 is 0. The molecule has 0 radical (unpaired) electrons. The van der Waals surface area contributed by atoms with Crippen molar-refractivity contribution in [2.45, 2.75) is 86.7 Å². The zero-order chi connectivity index (χ0) is 26.1. The minimum atomic E-state index is -2.70. The standard InChI is InChI=1S/C25H56O6Si2/c1-20(2)24(21(3)4,16-15-18-32(26-9,27-10)28-11)25(22(5)6,23(7)8)17-19-33(29-12,30-13)31-14/h20-23H,15-19H2,1-14H3. The smallest absolute Gasteiger partial charge is 0.377 e. The first kappa shape index (κ1) is 33.2. The summed E-state index contributed by atoms with van der Waals surface area (Å²) < 4.78 is 34.8. The molecule has 0 aromatic carbocycles. The lowest BCUT2D eigenvalue weighted by Crippen LogP contribution is -2.57. The fourth-order valence-corrected chi connectivity index (χ4v) is 10.7. The van der Waals surface area contributed by atoms with E-state index in [4.69, 9.17) is 26.6 Å². The average molecular weight is 509 g/mol. The van der Waals surface area contributed by atoms with Crippen molar-refractivity contribution in [2.24, 2.45) is 34.5 Å². The molecule has 0 N–H and O–H groups in total. The van der Waals surface area contributed by atoms with Crippen molar-refractivity contribution in [3.05, 3.63) is 0 Å². The number of rotatable bonds is 18. The highest BCUT2D eigenvalue weighted by Gasteiger charge is 2.58. The first-order valence-corrected chi connectivity index (χ1v) is 16.5. The Kier molecular flexibility index (Phi) is 14.1. The molecule has 0 aromatic heterocycles. The zero-order valence-corrected chi connectivity index (χ0v) is 26.3. The lowest BCUT2D eigenvalue weighted by atomic mass is 9.44. The van der Waals surface area contributed by atoms with Gasteiger partial charge in [-0.15, -0.1) is 0 Å². The van der Waals surface area contributed by atoms with E-state index in [-0.39, 0.29) is 10.8 Å². The molecule has 0 heterocycles. The Labute approximate surface area is 208 Å². The van der Waals surface area contributed by atoms with Gasteiger partial charge >= 0.3 is 17.6 Å². The number of hydrogen-bond acceptors (Lipinski definition) is 6. The van der Waals surface area contributed by atoms with Crippen molar-refractivity contribution in [3.63, 3.8) is 0 Å². The van der Waals surface area contributed by atoms with Crippen LogP contribution >= 0.6 is 0 Å². The maximum Gasteiger partial charge on any atom is 0.500 e. The topological polar surface area (TPSA) is 55.4 Å². The fraction of sp³-hybridized carbons (Fsp3) is 1.00. The molecule has 0 amide bonds. The second-order valence-electron chi connectivity index (χ2n) is 10.6. The van der Waals surface area contributed by atoms with E-state index in [1.165, 1.54) is 0 Å². The Hall–Kier alpha value is 0.194. The van der Waals surface area contributed by atoms with E-state index in [1.807, 2.05) is 0 Å². The van der Waals surface area contributed by atoms with Crippen LogP contribution in [0.15, 0.2) is 0 Å². The van der Waals surface area contributed by atoms with E-state index in [1.54, 1.807) is 42.7 Å². The van der Waals surface area contributed by atoms with Gasteiger partial charge in [0.1, 0.15) is 0 Å². The van der Waals surface area contributed by atoms with E-state index in [2.05, 4.69) is 55.4 Å². The van der Waals surface area contributed by atoms with Gasteiger partial charge in [0.2, 0.25) is 0 Å². The summed E-state index contributed by atoms with van der Waals surface area (Å²) in [5.74, 6) is 1.95. The maximum atomic E-state index is 5.84. The molecular weight excluding hydrogens is 452 g/mol. The van der Waals surface area contributed by atoms with Crippen LogP contribution in [0.4, 0.5) is 0 Å². The monoisotopic (exact) mass is 508 g/mol. The molecule has 0 unspecified atom stereocenters. The Morgan fingerprint density at radius 3 is 1.00 bits per heavy atom. The molecule has 0 rings (SSSR count). The average Bonchev–Trinajstić information content (AvgIpc) is 2.78. The Morgan fingerprint density at radius 1 is 0.455 bits per heavy atom. The van der Waals surface area contributed by atoms with Crippen molar-refractivity contribution in [2.75, 3.05) is 42.7 Å². The lowest BCUT2D eigenvalue weighted by Gasteiger charge is -2.61. The third-order valence-electron chi connectivity index (χ3n) is 8.77. The van der Waals surface area contributed by atoms with E-state index >= 15 is 0 Å². The highest BCUT2D eigenvalue weighted by atomic mass is 28.4. The van der Waals surface area contributed by atoms with Crippen LogP contribution in [0.5, 0.6) is 0 Å². The van der Waals surface area contributed by atoms with Crippen LogP contribution in [0.2, 0.25) is 12.1 Å². The second-order valence-corrected chi connectivity index (χ2v) is 16.8. The third kappa shape index (κ3) is 6.70. The molecule has 33 heavy (non-hydrogen) atoms. The lowest BCUT2D eigenvalue weighted by molar-refractivity contribution is -0.129. The summed E-state index contributed by atoms with van der Waals surface area (Å²) in [4.78, 5) is 0. The Bertz CT molecular complexity index is 498. The van der Waals surface area contributed by atoms with Gasteiger partial charge in [0.05, 0.1) is 0 Å². The summed E-state index contributed by atoms with van der Waals surface area (Å²) in [5.41, 5.74) is 0.167. The molecule has 0 aliphatic carbocycles. The van der Waals surface area contributed by atoms with E-state index in [0.29, 0.717) is 23.7 Å². The summed E-state index contributed by atoms with van der Waals surface area (Å²) in [6, 6.07) is 1.62. The fourth-order valence-electron chi connectivity index (χ4n) is 7.17. The van der Waals surface area contributed by atoms with Gasteiger partial charge in [-0.1, -0.05) is 55.4 Å². The molecule has 0 bridgehead atoms. The van der Waals surface area contributed by atoms with Gasteiger partial charge in [-0.05, 0) is 53.8 Å². The SMILES string of the molecule is CO[Si](CCCC(C(C)C)(C(C)C)C(CC[Si](OC)(OC)OC)(C(C)C)C(C)C)(OC)OC. The van der Waals surface area contributed by atoms with Crippen molar-refractivity contribution in [1.82, 2.24) is 0 Å². The molecule has 0 saturated heterocycles. The summed E-state index contributed by atoms with van der Waals surface area (Å²) in [6.45, 7) is 19.2. The predicted octanol–water partition coefficient (Wildman–Crippen LogP) is 6.51. The van der Waals surface area contributed by atoms with Crippen LogP contribution in [0.25, 0.3) is 0 Å². The highest BCUT2D eigenvalue weighted by molar-refractivity contribution is 6.60. The summed E-state index contributed by atoms with van der Waals surface area (Å²) in [6.07, 6.45) is 3.09. The van der Waals surface area contributed by atoms with Gasteiger partial charge in [0, 0.05) is 54.7 Å². The Balaban J connectivity index is 6.54. The molecule has 6 nitrogen and oxygen atoms in total. The minimum Gasteiger partial charge on any atom is -0.377 e.